The summed E-state index contributed by atoms with van der Waals surface area (Å²) in [6.07, 6.45) is 4.85. The second kappa shape index (κ2) is 20.2. The summed E-state index contributed by atoms with van der Waals surface area (Å²) in [5, 5.41) is 14.5. The molecular weight excluding hydrogens is 899 g/mol. The molecule has 3 fully saturated rings. The molecule has 4 amide bonds. The number of hydrogen-bond acceptors (Lipinski definition) is 14. The molecule has 8 rings (SSSR count). The maximum Gasteiger partial charge on any atom is 0.264 e. The molecule has 4 aromatic rings. The smallest absolute Gasteiger partial charge is 0.264 e. The summed E-state index contributed by atoms with van der Waals surface area (Å²) in [4.78, 5) is 61.2. The molecular formula is C52H63N7O9S. The van der Waals surface area contributed by atoms with Gasteiger partial charge in [0.2, 0.25) is 11.8 Å². The van der Waals surface area contributed by atoms with Crippen molar-refractivity contribution in [1.82, 2.24) is 15.1 Å². The fourth-order valence-electron chi connectivity index (χ4n) is 10.1. The molecule has 3 N–H and O–H groups in total. The van der Waals surface area contributed by atoms with Crippen LogP contribution < -0.4 is 34.6 Å². The van der Waals surface area contributed by atoms with Crippen LogP contribution in [0, 0.1) is 23.7 Å². The Labute approximate surface area is 404 Å². The fourth-order valence-corrected chi connectivity index (χ4v) is 11.0. The van der Waals surface area contributed by atoms with E-state index in [-0.39, 0.29) is 30.0 Å². The van der Waals surface area contributed by atoms with Crippen LogP contribution in [0.4, 0.5) is 17.1 Å². The van der Waals surface area contributed by atoms with Gasteiger partial charge in [0, 0.05) is 82.0 Å². The third kappa shape index (κ3) is 10.3. The Morgan fingerprint density at radius 3 is 2.28 bits per heavy atom. The van der Waals surface area contributed by atoms with Crippen molar-refractivity contribution < 1.29 is 41.8 Å². The summed E-state index contributed by atoms with van der Waals surface area (Å²) >= 11 is 0. The highest BCUT2D eigenvalue weighted by molar-refractivity contribution is 7.90. The van der Waals surface area contributed by atoms with Gasteiger partial charge in [-0.2, -0.15) is 0 Å². The number of ether oxygens (including phenoxy) is 3. The quantitative estimate of drug-likeness (QED) is 0.0736. The van der Waals surface area contributed by atoms with E-state index in [1.165, 1.54) is 7.11 Å². The van der Waals surface area contributed by atoms with E-state index >= 15 is 0 Å². The van der Waals surface area contributed by atoms with Crippen LogP contribution in [-0.4, -0.2) is 126 Å². The number of sulfone groups is 1. The minimum absolute atomic E-state index is 0.156. The van der Waals surface area contributed by atoms with Gasteiger partial charge in [0.15, 0.2) is 11.5 Å². The number of benzene rings is 4. The first kappa shape index (κ1) is 49.0. The number of hydrogen-bond donors (Lipinski definition) is 3. The standard InChI is InChI=1S/C52H63N7O9S/c1-7-67-45-30-35(11-16-43(45)66-5)42(32-69(6,64)65)59-49(61)38-9-8-10-41(47(38)50(59)62)58-27-25-56(26-28-58)22-18-34-19-23-57(24-20-34)36-12-14-37(15-13-36)68-44-31-40(54-4)39(29-33(44)2)48(53)52(3)21-17-46(60)55-51(52)63/h8-16,29-31,34,42,53-54H,7,17-28,32H2,1-6H3,(H,55,60,63). The first-order chi connectivity index (χ1) is 33.0. The number of piperazine rings is 1. The zero-order chi connectivity index (χ0) is 49.2. The minimum atomic E-state index is -3.63. The third-order valence-electron chi connectivity index (χ3n) is 14.2. The van der Waals surface area contributed by atoms with Crippen LogP contribution in [0.15, 0.2) is 72.8 Å². The Morgan fingerprint density at radius 2 is 1.62 bits per heavy atom. The van der Waals surface area contributed by atoms with Crippen LogP contribution in [0.2, 0.25) is 0 Å². The average molecular weight is 962 g/mol. The summed E-state index contributed by atoms with van der Waals surface area (Å²) in [5.74, 6) is 0.578. The van der Waals surface area contributed by atoms with Crippen LogP contribution in [0.5, 0.6) is 23.0 Å². The number of nitrogens with zero attached hydrogens (tertiary/aromatic N) is 4. The van der Waals surface area contributed by atoms with E-state index in [1.807, 2.05) is 44.2 Å². The normalized spacial score (nSPS) is 19.6. The Balaban J connectivity index is 0.832. The molecule has 0 aromatic heterocycles. The third-order valence-corrected chi connectivity index (χ3v) is 15.1. The molecule has 0 radical (unpaired) electrons. The Bertz CT molecular complexity index is 2750. The van der Waals surface area contributed by atoms with E-state index in [0.717, 1.165) is 74.4 Å². The zero-order valence-corrected chi connectivity index (χ0v) is 41.2. The largest absolute Gasteiger partial charge is 0.493 e. The predicted molar refractivity (Wildman–Crippen MR) is 266 cm³/mol. The molecule has 0 spiro atoms. The molecule has 3 saturated heterocycles. The molecule has 69 heavy (non-hydrogen) atoms. The van der Waals surface area contributed by atoms with Crippen LogP contribution in [0.25, 0.3) is 0 Å². The maximum atomic E-state index is 14.3. The average Bonchev–Trinajstić information content (AvgIpc) is 3.60. The van der Waals surface area contributed by atoms with E-state index in [4.69, 9.17) is 19.6 Å². The van der Waals surface area contributed by atoms with Gasteiger partial charge in [-0.05, 0) is 125 Å². The molecule has 4 aromatic carbocycles. The van der Waals surface area contributed by atoms with Gasteiger partial charge >= 0.3 is 0 Å². The number of fused-ring (bicyclic) bond motifs is 1. The van der Waals surface area contributed by atoms with Crippen molar-refractivity contribution in [1.29, 1.82) is 5.41 Å². The number of nitrogens with one attached hydrogen (secondary N) is 3. The number of carbonyl (C=O) groups is 4. The predicted octanol–water partition coefficient (Wildman–Crippen LogP) is 6.86. The van der Waals surface area contributed by atoms with Crippen LogP contribution >= 0.6 is 0 Å². The topological polar surface area (TPSA) is 191 Å². The molecule has 366 valence electrons. The molecule has 4 aliphatic heterocycles. The van der Waals surface area contributed by atoms with Crippen LogP contribution in [0.1, 0.15) is 89.4 Å². The maximum absolute atomic E-state index is 14.3. The number of piperidine rings is 2. The molecule has 17 heteroatoms. The second-order valence-electron chi connectivity index (χ2n) is 18.8. The summed E-state index contributed by atoms with van der Waals surface area (Å²) in [6.45, 7) is 11.7. The first-order valence-electron chi connectivity index (χ1n) is 23.8. The van der Waals surface area contributed by atoms with Gasteiger partial charge in [0.1, 0.15) is 21.3 Å². The Morgan fingerprint density at radius 1 is 0.899 bits per heavy atom. The molecule has 0 saturated carbocycles. The Kier molecular flexibility index (Phi) is 14.4. The summed E-state index contributed by atoms with van der Waals surface area (Å²) in [5.41, 5.74) is 4.00. The molecule has 4 aliphatic rings. The molecule has 2 unspecified atom stereocenters. The van der Waals surface area contributed by atoms with Gasteiger partial charge in [0.05, 0.1) is 53.5 Å². The lowest BCUT2D eigenvalue weighted by molar-refractivity contribution is -0.138. The van der Waals surface area contributed by atoms with Crippen molar-refractivity contribution in [2.45, 2.75) is 58.9 Å². The highest BCUT2D eigenvalue weighted by Crippen LogP contribution is 2.41. The lowest BCUT2D eigenvalue weighted by Gasteiger charge is -2.38. The number of anilines is 3. The van der Waals surface area contributed by atoms with E-state index in [0.29, 0.717) is 76.7 Å². The lowest BCUT2D eigenvalue weighted by atomic mass is 9.74. The number of amides is 4. The summed E-state index contributed by atoms with van der Waals surface area (Å²) in [6, 6.07) is 21.1. The highest BCUT2D eigenvalue weighted by atomic mass is 32.2. The molecule has 2 atom stereocenters. The zero-order valence-electron chi connectivity index (χ0n) is 40.4. The lowest BCUT2D eigenvalue weighted by Crippen LogP contribution is -2.51. The van der Waals surface area contributed by atoms with Gasteiger partial charge in [0.25, 0.3) is 11.8 Å². The van der Waals surface area contributed by atoms with E-state index in [1.54, 1.807) is 44.3 Å². The van der Waals surface area contributed by atoms with E-state index in [9.17, 15) is 27.6 Å². The van der Waals surface area contributed by atoms with Crippen molar-refractivity contribution in [3.63, 3.8) is 0 Å². The van der Waals surface area contributed by atoms with Crippen molar-refractivity contribution in [3.05, 3.63) is 101 Å². The molecule has 0 aliphatic carbocycles. The summed E-state index contributed by atoms with van der Waals surface area (Å²) < 4.78 is 43.1. The molecule has 4 heterocycles. The SMILES string of the molecule is CCOc1cc(C(CS(C)(=O)=O)N2C(=O)c3cccc(N4CCN(CCC5CCN(c6ccc(Oc7cc(NC)c(C(=N)C8(C)CCC(=O)NC8=O)cc7C)cc6)CC5)CC4)c3C2=O)ccc1OC. The van der Waals surface area contributed by atoms with Gasteiger partial charge in [-0.1, -0.05) is 12.1 Å². The van der Waals surface area contributed by atoms with Crippen LogP contribution in [-0.2, 0) is 19.4 Å². The minimum Gasteiger partial charge on any atom is -0.493 e. The highest BCUT2D eigenvalue weighted by Gasteiger charge is 2.45. The van der Waals surface area contributed by atoms with Crippen LogP contribution in [0.3, 0.4) is 0 Å². The number of imide groups is 2. The van der Waals surface area contributed by atoms with Gasteiger partial charge in [-0.15, -0.1) is 0 Å². The fraction of sp³-hybridized carbons (Fsp3) is 0.442. The number of methoxy groups -OCH3 is 1. The second-order valence-corrected chi connectivity index (χ2v) is 21.0. The molecule has 0 bridgehead atoms. The molecule has 16 nitrogen and oxygen atoms in total. The Hall–Kier alpha value is -6.46. The van der Waals surface area contributed by atoms with Crippen molar-refractivity contribution >= 4 is 56.2 Å². The van der Waals surface area contributed by atoms with Gasteiger partial charge in [-0.3, -0.25) is 34.3 Å². The van der Waals surface area contributed by atoms with Crippen molar-refractivity contribution in [2.75, 3.05) is 93.7 Å². The van der Waals surface area contributed by atoms with Crippen molar-refractivity contribution in [2.24, 2.45) is 11.3 Å². The monoisotopic (exact) mass is 961 g/mol. The summed E-state index contributed by atoms with van der Waals surface area (Å²) in [7, 11) is -0.350. The first-order valence-corrected chi connectivity index (χ1v) is 25.8. The van der Waals surface area contributed by atoms with Gasteiger partial charge in [-0.25, -0.2) is 8.42 Å². The number of carbonyl (C=O) groups excluding carboxylic acids is 4. The van der Waals surface area contributed by atoms with E-state index in [2.05, 4.69) is 37.5 Å². The van der Waals surface area contributed by atoms with Crippen molar-refractivity contribution in [3.8, 4) is 23.0 Å². The number of rotatable bonds is 17. The number of aryl methyl sites for hydroxylation is 1. The van der Waals surface area contributed by atoms with E-state index < -0.39 is 44.8 Å². The van der Waals surface area contributed by atoms with Gasteiger partial charge < -0.3 is 34.7 Å².